The zero-order chi connectivity index (χ0) is 20.0. The molecule has 10 heteroatoms. The number of nitrogens with two attached hydrogens (primary N) is 1. The molecule has 0 aliphatic carbocycles. The number of amides is 2. The van der Waals surface area contributed by atoms with Crippen LogP contribution in [-0.4, -0.2) is 49.2 Å². The Balaban J connectivity index is -0.000000332. The van der Waals surface area contributed by atoms with Crippen LogP contribution in [0.4, 0.5) is 0 Å². The highest BCUT2D eigenvalue weighted by Gasteiger charge is 2.25. The predicted molar refractivity (Wildman–Crippen MR) is 90.4 cm³/mol. The van der Waals surface area contributed by atoms with Crippen LogP contribution in [-0.2, 0) is 29.2 Å². The van der Waals surface area contributed by atoms with E-state index in [2.05, 4.69) is 35.5 Å². The average molecular weight is 364 g/mol. The van der Waals surface area contributed by atoms with Crippen molar-refractivity contribution < 1.29 is 32.1 Å². The molecule has 0 rings (SSSR count). The minimum absolute atomic E-state index is 0.394. The summed E-state index contributed by atoms with van der Waals surface area (Å²) in [5.41, 5.74) is 3.53. The van der Waals surface area contributed by atoms with Gasteiger partial charge in [-0.25, -0.2) is 4.79 Å². The molecule has 2 amide bonds. The van der Waals surface area contributed by atoms with Crippen LogP contribution in [0.15, 0.2) is 38.0 Å². The van der Waals surface area contributed by atoms with E-state index in [1.807, 2.05) is 0 Å². The fraction of sp³-hybridized carbons (Fsp3) is 0.357. The molecule has 0 fully saturated rings. The number of hydrogen-bond acceptors (Lipinski definition) is 6. The summed E-state index contributed by atoms with van der Waals surface area (Å²) in [6, 6.07) is 0. The van der Waals surface area contributed by atoms with Crippen LogP contribution in [0.3, 0.4) is 0 Å². The third-order valence-electron chi connectivity index (χ3n) is 1.76. The number of carbonyl (C=O) groups excluding carboxylic acids is 3. The number of hydrogen-bond donors (Lipinski definition) is 3. The smallest absolute Gasteiger partial charge is 0.329 e. The zero-order valence-electron chi connectivity index (χ0n) is 13.9. The molecule has 0 aromatic rings. The molecule has 0 saturated carbocycles. The highest BCUT2D eigenvalue weighted by molar-refractivity contribution is 7.85. The van der Waals surface area contributed by atoms with E-state index in [0.29, 0.717) is 0 Å². The number of esters is 1. The first-order valence-corrected chi connectivity index (χ1v) is 7.87. The van der Waals surface area contributed by atoms with E-state index in [4.69, 9.17) is 4.55 Å². The molecule has 0 unspecified atom stereocenters. The molecule has 0 radical (unpaired) electrons. The maximum absolute atomic E-state index is 10.8. The summed E-state index contributed by atoms with van der Waals surface area (Å²) in [5.74, 6) is -1.88. The summed E-state index contributed by atoms with van der Waals surface area (Å²) in [6.07, 6.45) is 3.20. The Hall–Kier alpha value is -2.46. The Morgan fingerprint density at radius 1 is 1.17 bits per heavy atom. The van der Waals surface area contributed by atoms with Gasteiger partial charge in [-0.05, 0) is 26.0 Å². The normalized spacial score (nSPS) is 9.67. The molecular weight excluding hydrogens is 340 g/mol. The van der Waals surface area contributed by atoms with Crippen molar-refractivity contribution in [2.24, 2.45) is 5.73 Å². The predicted octanol–water partition coefficient (Wildman–Crippen LogP) is -0.0419. The van der Waals surface area contributed by atoms with Crippen molar-refractivity contribution >= 4 is 27.9 Å². The van der Waals surface area contributed by atoms with Crippen LogP contribution >= 0.6 is 0 Å². The molecule has 0 atom stereocenters. The monoisotopic (exact) mass is 364 g/mol. The van der Waals surface area contributed by atoms with Crippen molar-refractivity contribution in [2.45, 2.75) is 19.4 Å². The summed E-state index contributed by atoms with van der Waals surface area (Å²) in [5, 5.41) is 2.37. The minimum atomic E-state index is -4.08. The second kappa shape index (κ2) is 13.0. The molecule has 138 valence electrons. The molecule has 0 aliphatic heterocycles. The van der Waals surface area contributed by atoms with Crippen molar-refractivity contribution in [3.05, 3.63) is 38.0 Å². The van der Waals surface area contributed by atoms with Gasteiger partial charge in [-0.3, -0.25) is 14.1 Å². The molecule has 9 nitrogen and oxygen atoms in total. The quantitative estimate of drug-likeness (QED) is 0.339. The number of primary amides is 1. The van der Waals surface area contributed by atoms with E-state index in [-0.39, 0.29) is 0 Å². The first-order valence-electron chi connectivity index (χ1n) is 6.26. The van der Waals surface area contributed by atoms with Gasteiger partial charge in [0.05, 0.1) is 18.4 Å². The van der Waals surface area contributed by atoms with Gasteiger partial charge >= 0.3 is 5.97 Å². The Bertz CT molecular complexity index is 566. The van der Waals surface area contributed by atoms with Gasteiger partial charge < -0.3 is 15.8 Å². The van der Waals surface area contributed by atoms with Crippen molar-refractivity contribution in [3.8, 4) is 0 Å². The molecule has 24 heavy (non-hydrogen) atoms. The Morgan fingerprint density at radius 2 is 1.58 bits per heavy atom. The maximum atomic E-state index is 10.8. The van der Waals surface area contributed by atoms with E-state index >= 15 is 0 Å². The molecule has 0 saturated heterocycles. The van der Waals surface area contributed by atoms with Gasteiger partial charge in [0.2, 0.25) is 11.8 Å². The molecule has 0 spiro atoms. The van der Waals surface area contributed by atoms with Gasteiger partial charge in [0.1, 0.15) is 0 Å². The van der Waals surface area contributed by atoms with Crippen molar-refractivity contribution in [1.82, 2.24) is 5.32 Å². The molecule has 4 N–H and O–H groups in total. The second-order valence-corrected chi connectivity index (χ2v) is 6.09. The molecule has 0 aliphatic rings. The minimum Gasteiger partial charge on any atom is -0.466 e. The van der Waals surface area contributed by atoms with E-state index in [9.17, 15) is 22.8 Å². The van der Waals surface area contributed by atoms with Gasteiger partial charge in [0.15, 0.2) is 0 Å². The van der Waals surface area contributed by atoms with Gasteiger partial charge in [-0.2, -0.15) is 8.42 Å². The Labute approximate surface area is 142 Å². The lowest BCUT2D eigenvalue weighted by Gasteiger charge is -2.23. The average Bonchev–Trinajstić information content (AvgIpc) is 2.44. The number of carbonyl (C=O) groups is 3. The van der Waals surface area contributed by atoms with Crippen LogP contribution in [0.25, 0.3) is 0 Å². The summed E-state index contributed by atoms with van der Waals surface area (Å²) in [7, 11) is -2.78. The Kier molecular flexibility index (Phi) is 14.3. The van der Waals surface area contributed by atoms with Crippen LogP contribution in [0.2, 0.25) is 0 Å². The molecule has 0 aromatic heterocycles. The van der Waals surface area contributed by atoms with Crippen molar-refractivity contribution in [1.29, 1.82) is 0 Å². The number of ether oxygens (including phenoxy) is 1. The SMILES string of the molecule is C=CC(=O)NC(C)(C)CS(=O)(=O)O.C=CC(=O)OC.C=CC(N)=O. The number of nitrogens with one attached hydrogen (secondary N) is 1. The lowest BCUT2D eigenvalue weighted by atomic mass is 10.1. The standard InChI is InChI=1S/C7H13NO4S.C4H6O2.C3H5NO/c1-4-6(9)8-7(2,3)5-13(10,11)12;1-3-4(5)6-2;1-2-3(4)5/h4H,1,5H2,2-3H3,(H,8,9)(H,10,11,12);3H,1H2,2H3;2H,1H2,(H2,4,5). The number of methoxy groups -OCH3 is 1. The van der Waals surface area contributed by atoms with Gasteiger partial charge in [0, 0.05) is 6.08 Å². The largest absolute Gasteiger partial charge is 0.466 e. The molecular formula is C14H24N2O7S. The fourth-order valence-electron chi connectivity index (χ4n) is 0.960. The highest BCUT2D eigenvalue weighted by atomic mass is 32.2. The van der Waals surface area contributed by atoms with Crippen molar-refractivity contribution in [2.75, 3.05) is 12.9 Å². The molecule has 0 heterocycles. The van der Waals surface area contributed by atoms with E-state index in [1.165, 1.54) is 21.0 Å². The van der Waals surface area contributed by atoms with Crippen LogP contribution in [0.1, 0.15) is 13.8 Å². The maximum Gasteiger partial charge on any atom is 0.329 e. The lowest BCUT2D eigenvalue weighted by molar-refractivity contribution is -0.134. The third kappa shape index (κ3) is 24.6. The van der Waals surface area contributed by atoms with Gasteiger partial charge in [-0.15, -0.1) is 0 Å². The lowest BCUT2D eigenvalue weighted by Crippen LogP contribution is -2.47. The van der Waals surface area contributed by atoms with Gasteiger partial charge in [-0.1, -0.05) is 19.7 Å². The first kappa shape index (κ1) is 26.4. The summed E-state index contributed by atoms with van der Waals surface area (Å²) >= 11 is 0. The Morgan fingerprint density at radius 3 is 1.75 bits per heavy atom. The topological polar surface area (TPSA) is 153 Å². The molecule has 0 aromatic carbocycles. The van der Waals surface area contributed by atoms with Crippen LogP contribution in [0.5, 0.6) is 0 Å². The zero-order valence-corrected chi connectivity index (χ0v) is 14.8. The highest BCUT2D eigenvalue weighted by Crippen LogP contribution is 2.05. The van der Waals surface area contributed by atoms with E-state index in [0.717, 1.165) is 18.2 Å². The number of rotatable bonds is 6. The summed E-state index contributed by atoms with van der Waals surface area (Å²) < 4.78 is 33.7. The summed E-state index contributed by atoms with van der Waals surface area (Å²) in [4.78, 5) is 30.1. The third-order valence-corrected chi connectivity index (χ3v) is 2.85. The van der Waals surface area contributed by atoms with Crippen molar-refractivity contribution in [3.63, 3.8) is 0 Å². The fourth-order valence-corrected chi connectivity index (χ4v) is 1.94. The molecule has 0 bridgehead atoms. The van der Waals surface area contributed by atoms with Gasteiger partial charge in [0.25, 0.3) is 10.1 Å². The summed E-state index contributed by atoms with van der Waals surface area (Å²) in [6.45, 7) is 12.4. The van der Waals surface area contributed by atoms with Crippen LogP contribution < -0.4 is 11.1 Å². The first-order chi connectivity index (χ1) is 10.7. The van der Waals surface area contributed by atoms with E-state index in [1.54, 1.807) is 0 Å². The second-order valence-electron chi connectivity index (χ2n) is 4.64. The van der Waals surface area contributed by atoms with E-state index < -0.39 is 39.2 Å². The van der Waals surface area contributed by atoms with Crippen LogP contribution in [0, 0.1) is 0 Å².